The highest BCUT2D eigenvalue weighted by Crippen LogP contribution is 1.99. The summed E-state index contributed by atoms with van der Waals surface area (Å²) in [6.07, 6.45) is 0.358. The van der Waals surface area contributed by atoms with Crippen LogP contribution in [0.3, 0.4) is 0 Å². The van der Waals surface area contributed by atoms with E-state index >= 15 is 0 Å². The standard InChI is InChI=1S/C6H6O3/c1-4(3-7)5(2)6(8)9/h3H,1-2H2,(H,8,9). The molecule has 0 unspecified atom stereocenters. The lowest BCUT2D eigenvalue weighted by Gasteiger charge is -1.92. The molecule has 0 aliphatic heterocycles. The highest BCUT2D eigenvalue weighted by Gasteiger charge is 2.05. The van der Waals surface area contributed by atoms with Crippen molar-refractivity contribution in [1.82, 2.24) is 0 Å². The molecule has 0 heterocycles. The van der Waals surface area contributed by atoms with Crippen LogP contribution in [0.15, 0.2) is 24.3 Å². The lowest BCUT2D eigenvalue weighted by molar-refractivity contribution is -0.132. The van der Waals surface area contributed by atoms with E-state index in [9.17, 15) is 9.59 Å². The SMILES string of the molecule is C=C(C=O)C(=C)C(=O)O. The number of carbonyl (C=O) groups excluding carboxylic acids is 1. The first kappa shape index (κ1) is 7.62. The molecule has 1 N–H and O–H groups in total. The quantitative estimate of drug-likeness (QED) is 0.338. The van der Waals surface area contributed by atoms with Gasteiger partial charge in [0, 0.05) is 5.57 Å². The van der Waals surface area contributed by atoms with Crippen LogP contribution < -0.4 is 0 Å². The molecule has 48 valence electrons. The molecule has 0 aromatic heterocycles. The molecular formula is C6H6O3. The van der Waals surface area contributed by atoms with Crippen molar-refractivity contribution < 1.29 is 14.7 Å². The molecule has 0 saturated carbocycles. The van der Waals surface area contributed by atoms with Crippen LogP contribution in [-0.2, 0) is 9.59 Å². The number of carbonyl (C=O) groups is 2. The number of aliphatic carboxylic acids is 1. The summed E-state index contributed by atoms with van der Waals surface area (Å²) in [4.78, 5) is 19.8. The first-order valence-corrected chi connectivity index (χ1v) is 2.16. The van der Waals surface area contributed by atoms with Crippen LogP contribution >= 0.6 is 0 Å². The number of rotatable bonds is 3. The number of carboxylic acids is 1. The monoisotopic (exact) mass is 126 g/mol. The summed E-state index contributed by atoms with van der Waals surface area (Å²) in [6.45, 7) is 6.24. The van der Waals surface area contributed by atoms with Crippen molar-refractivity contribution in [2.75, 3.05) is 0 Å². The Labute approximate surface area is 52.3 Å². The van der Waals surface area contributed by atoms with Gasteiger partial charge in [-0.15, -0.1) is 0 Å². The molecule has 0 aliphatic carbocycles. The van der Waals surface area contributed by atoms with E-state index in [2.05, 4.69) is 13.2 Å². The van der Waals surface area contributed by atoms with Crippen molar-refractivity contribution in [3.8, 4) is 0 Å². The first-order valence-electron chi connectivity index (χ1n) is 2.16. The fourth-order valence-electron chi connectivity index (χ4n) is 0.208. The Kier molecular flexibility index (Phi) is 2.38. The second kappa shape index (κ2) is 2.81. The second-order valence-electron chi connectivity index (χ2n) is 1.43. The van der Waals surface area contributed by atoms with Crippen molar-refractivity contribution in [2.45, 2.75) is 0 Å². The van der Waals surface area contributed by atoms with Gasteiger partial charge in [-0.25, -0.2) is 4.79 Å². The van der Waals surface area contributed by atoms with Gasteiger partial charge >= 0.3 is 5.97 Å². The molecule has 0 bridgehead atoms. The largest absolute Gasteiger partial charge is 0.478 e. The van der Waals surface area contributed by atoms with E-state index in [0.717, 1.165) is 0 Å². The molecule has 0 aromatic carbocycles. The van der Waals surface area contributed by atoms with Crippen LogP contribution in [-0.4, -0.2) is 17.4 Å². The van der Waals surface area contributed by atoms with Gasteiger partial charge in [0.2, 0.25) is 0 Å². The predicted octanol–water partition coefficient (Wildman–Crippen LogP) is 0.382. The third-order valence-electron chi connectivity index (χ3n) is 0.788. The van der Waals surface area contributed by atoms with Gasteiger partial charge in [0.05, 0.1) is 5.57 Å². The summed E-state index contributed by atoms with van der Waals surface area (Å²) in [7, 11) is 0. The van der Waals surface area contributed by atoms with Crippen LogP contribution in [0.1, 0.15) is 0 Å². The molecule has 0 spiro atoms. The van der Waals surface area contributed by atoms with Gasteiger partial charge in [-0.1, -0.05) is 13.2 Å². The smallest absolute Gasteiger partial charge is 0.335 e. The molecule has 3 heteroatoms. The summed E-state index contributed by atoms with van der Waals surface area (Å²) in [6, 6.07) is 0. The van der Waals surface area contributed by atoms with E-state index in [1.165, 1.54) is 0 Å². The Morgan fingerprint density at radius 1 is 1.44 bits per heavy atom. The molecular weight excluding hydrogens is 120 g/mol. The van der Waals surface area contributed by atoms with Gasteiger partial charge in [0.1, 0.15) is 6.29 Å². The molecule has 9 heavy (non-hydrogen) atoms. The fraction of sp³-hybridized carbons (Fsp3) is 0. The van der Waals surface area contributed by atoms with Gasteiger partial charge in [-0.3, -0.25) is 4.79 Å². The van der Waals surface area contributed by atoms with Crippen molar-refractivity contribution in [2.24, 2.45) is 0 Å². The van der Waals surface area contributed by atoms with Crippen molar-refractivity contribution in [3.63, 3.8) is 0 Å². The van der Waals surface area contributed by atoms with Crippen LogP contribution in [0.5, 0.6) is 0 Å². The van der Waals surface area contributed by atoms with Crippen LogP contribution in [0.25, 0.3) is 0 Å². The van der Waals surface area contributed by atoms with Gasteiger partial charge in [-0.2, -0.15) is 0 Å². The predicted molar refractivity (Wildman–Crippen MR) is 32.0 cm³/mol. The number of hydrogen-bond donors (Lipinski definition) is 1. The number of hydrogen-bond acceptors (Lipinski definition) is 2. The number of carboxylic acid groups (broad SMARTS) is 1. The second-order valence-corrected chi connectivity index (χ2v) is 1.43. The Balaban J connectivity index is 4.22. The third kappa shape index (κ3) is 1.90. The third-order valence-corrected chi connectivity index (χ3v) is 0.788. The molecule has 0 radical (unpaired) electrons. The zero-order chi connectivity index (χ0) is 7.44. The molecule has 3 nitrogen and oxygen atoms in total. The maximum atomic E-state index is 9.98. The molecule has 0 aromatic rings. The Morgan fingerprint density at radius 2 is 1.89 bits per heavy atom. The van der Waals surface area contributed by atoms with E-state index < -0.39 is 5.97 Å². The van der Waals surface area contributed by atoms with Gasteiger partial charge in [-0.05, 0) is 0 Å². The molecule has 0 amide bonds. The molecule has 0 saturated heterocycles. The Bertz CT molecular complexity index is 179. The number of aldehydes is 1. The van der Waals surface area contributed by atoms with E-state index in [4.69, 9.17) is 5.11 Å². The highest BCUT2D eigenvalue weighted by atomic mass is 16.4. The average molecular weight is 126 g/mol. The topological polar surface area (TPSA) is 54.4 Å². The van der Waals surface area contributed by atoms with Crippen LogP contribution in [0.2, 0.25) is 0 Å². The van der Waals surface area contributed by atoms with Crippen molar-refractivity contribution in [1.29, 1.82) is 0 Å². The summed E-state index contributed by atoms with van der Waals surface area (Å²) >= 11 is 0. The van der Waals surface area contributed by atoms with E-state index in [1.807, 2.05) is 0 Å². The van der Waals surface area contributed by atoms with Gasteiger partial charge in [0.15, 0.2) is 0 Å². The minimum atomic E-state index is -1.22. The van der Waals surface area contributed by atoms with Gasteiger partial charge in [0.25, 0.3) is 0 Å². The average Bonchev–Trinajstić information content (AvgIpc) is 1.84. The summed E-state index contributed by atoms with van der Waals surface area (Å²) in [5.41, 5.74) is -0.354. The zero-order valence-electron chi connectivity index (χ0n) is 4.76. The van der Waals surface area contributed by atoms with Crippen LogP contribution in [0, 0.1) is 0 Å². The summed E-state index contributed by atoms with van der Waals surface area (Å²) < 4.78 is 0. The normalized spacial score (nSPS) is 8.00. The summed E-state index contributed by atoms with van der Waals surface area (Å²) in [5, 5.41) is 8.16. The first-order chi connectivity index (χ1) is 4.09. The van der Waals surface area contributed by atoms with Crippen LogP contribution in [0.4, 0.5) is 0 Å². The lowest BCUT2D eigenvalue weighted by atomic mass is 10.2. The van der Waals surface area contributed by atoms with E-state index in [-0.39, 0.29) is 11.1 Å². The summed E-state index contributed by atoms with van der Waals surface area (Å²) in [5.74, 6) is -1.22. The lowest BCUT2D eigenvalue weighted by Crippen LogP contribution is -2.01. The maximum absolute atomic E-state index is 9.98. The van der Waals surface area contributed by atoms with Crippen molar-refractivity contribution in [3.05, 3.63) is 24.3 Å². The van der Waals surface area contributed by atoms with E-state index in [0.29, 0.717) is 6.29 Å². The van der Waals surface area contributed by atoms with Gasteiger partial charge < -0.3 is 5.11 Å². The molecule has 0 aliphatic rings. The van der Waals surface area contributed by atoms with Crippen molar-refractivity contribution >= 4 is 12.3 Å². The molecule has 0 fully saturated rings. The Morgan fingerprint density at radius 3 is 2.00 bits per heavy atom. The minimum Gasteiger partial charge on any atom is -0.478 e. The maximum Gasteiger partial charge on any atom is 0.335 e. The highest BCUT2D eigenvalue weighted by molar-refractivity contribution is 5.99. The Hall–Kier alpha value is -1.38. The van der Waals surface area contributed by atoms with E-state index in [1.54, 1.807) is 0 Å². The minimum absolute atomic E-state index is 0.0949. The molecule has 0 rings (SSSR count). The fourth-order valence-corrected chi connectivity index (χ4v) is 0.208. The zero-order valence-corrected chi connectivity index (χ0v) is 4.76. The molecule has 0 atom stereocenters.